The Kier molecular flexibility index (Phi) is 3.48. The Balaban J connectivity index is 1.87. The molecule has 19 heavy (non-hydrogen) atoms. The second kappa shape index (κ2) is 5.26. The third kappa shape index (κ3) is 2.76. The van der Waals surface area contributed by atoms with Crippen LogP contribution in [0, 0.1) is 11.6 Å². The van der Waals surface area contributed by atoms with E-state index < -0.39 is 11.6 Å². The topological polar surface area (TPSA) is 51.0 Å². The van der Waals surface area contributed by atoms with Gasteiger partial charge in [0.2, 0.25) is 11.7 Å². The highest BCUT2D eigenvalue weighted by Crippen LogP contribution is 2.24. The summed E-state index contributed by atoms with van der Waals surface area (Å²) in [5.74, 6) is 1.23. The van der Waals surface area contributed by atoms with E-state index in [9.17, 15) is 8.78 Å². The molecule has 0 aliphatic carbocycles. The highest BCUT2D eigenvalue weighted by molar-refractivity contribution is 7.99. The third-order valence-electron chi connectivity index (χ3n) is 2.78. The molecule has 1 fully saturated rings. The van der Waals surface area contributed by atoms with E-state index in [1.807, 2.05) is 0 Å². The van der Waals surface area contributed by atoms with Crippen molar-refractivity contribution < 1.29 is 13.3 Å². The summed E-state index contributed by atoms with van der Waals surface area (Å²) < 4.78 is 31.4. The van der Waals surface area contributed by atoms with Crippen molar-refractivity contribution in [1.29, 1.82) is 0 Å². The Morgan fingerprint density at radius 1 is 1.26 bits per heavy atom. The quantitative estimate of drug-likeness (QED) is 0.917. The molecule has 1 aliphatic rings. The van der Waals surface area contributed by atoms with Crippen LogP contribution in [0.4, 0.5) is 8.78 Å². The minimum Gasteiger partial charge on any atom is -0.337 e. The molecular weight excluding hydrogens is 272 g/mol. The number of nitrogens with zero attached hydrogens (tertiary/aromatic N) is 2. The number of rotatable bonds is 2. The molecule has 0 saturated carbocycles. The van der Waals surface area contributed by atoms with Crippen LogP contribution in [0.3, 0.4) is 0 Å². The van der Waals surface area contributed by atoms with Crippen molar-refractivity contribution in [2.24, 2.45) is 0 Å². The number of halogens is 2. The molecule has 1 N–H and O–H groups in total. The lowest BCUT2D eigenvalue weighted by Crippen LogP contribution is -2.30. The molecule has 1 aromatic carbocycles. The number of hydrogen-bond donors (Lipinski definition) is 1. The first-order valence-electron chi connectivity index (χ1n) is 5.83. The van der Waals surface area contributed by atoms with Gasteiger partial charge in [0, 0.05) is 29.7 Å². The van der Waals surface area contributed by atoms with Gasteiger partial charge < -0.3 is 9.84 Å². The lowest BCUT2D eigenvalue weighted by Gasteiger charge is -2.19. The van der Waals surface area contributed by atoms with E-state index in [0.29, 0.717) is 5.89 Å². The van der Waals surface area contributed by atoms with Gasteiger partial charge in [0.15, 0.2) is 0 Å². The van der Waals surface area contributed by atoms with Crippen molar-refractivity contribution in [2.75, 3.05) is 18.1 Å². The van der Waals surface area contributed by atoms with Crippen LogP contribution >= 0.6 is 11.8 Å². The number of nitrogens with one attached hydrogen (secondary N) is 1. The van der Waals surface area contributed by atoms with Gasteiger partial charge in [-0.1, -0.05) is 5.16 Å². The summed E-state index contributed by atoms with van der Waals surface area (Å²) >= 11 is 1.80. The normalized spacial score (nSPS) is 19.6. The molecule has 1 unspecified atom stereocenters. The van der Waals surface area contributed by atoms with E-state index in [2.05, 4.69) is 15.5 Å². The fourth-order valence-electron chi connectivity index (χ4n) is 1.90. The van der Waals surface area contributed by atoms with Gasteiger partial charge >= 0.3 is 0 Å². The molecule has 1 atom stereocenters. The van der Waals surface area contributed by atoms with E-state index in [1.54, 1.807) is 11.8 Å². The SMILES string of the molecule is Fc1cc(F)cc(-c2noc(C3CSCCN3)n2)c1. The lowest BCUT2D eigenvalue weighted by atomic mass is 10.2. The smallest absolute Gasteiger partial charge is 0.244 e. The Morgan fingerprint density at radius 3 is 2.74 bits per heavy atom. The first-order valence-corrected chi connectivity index (χ1v) is 6.99. The summed E-state index contributed by atoms with van der Waals surface area (Å²) in [4.78, 5) is 4.20. The fourth-order valence-corrected chi connectivity index (χ4v) is 2.83. The van der Waals surface area contributed by atoms with Crippen molar-refractivity contribution in [3.05, 3.63) is 35.7 Å². The van der Waals surface area contributed by atoms with Gasteiger partial charge in [0.25, 0.3) is 0 Å². The van der Waals surface area contributed by atoms with Gasteiger partial charge in [-0.2, -0.15) is 16.7 Å². The van der Waals surface area contributed by atoms with Crippen LogP contribution in [0.25, 0.3) is 11.4 Å². The molecule has 2 heterocycles. The van der Waals surface area contributed by atoms with E-state index in [-0.39, 0.29) is 17.4 Å². The predicted octanol–water partition coefficient (Wildman–Crippen LogP) is 2.39. The fraction of sp³-hybridized carbons (Fsp3) is 0.333. The molecule has 2 aromatic rings. The highest BCUT2D eigenvalue weighted by atomic mass is 32.2. The molecule has 0 amide bonds. The summed E-state index contributed by atoms with van der Waals surface area (Å²) in [6, 6.07) is 3.17. The zero-order chi connectivity index (χ0) is 13.2. The Labute approximate surface area is 112 Å². The van der Waals surface area contributed by atoms with Crippen LogP contribution in [0.1, 0.15) is 11.9 Å². The summed E-state index contributed by atoms with van der Waals surface area (Å²) in [6.45, 7) is 0.877. The van der Waals surface area contributed by atoms with Gasteiger partial charge in [-0.25, -0.2) is 8.78 Å². The zero-order valence-corrected chi connectivity index (χ0v) is 10.7. The maximum atomic E-state index is 13.1. The lowest BCUT2D eigenvalue weighted by molar-refractivity contribution is 0.342. The number of benzene rings is 1. The van der Waals surface area contributed by atoms with Crippen molar-refractivity contribution in [2.45, 2.75) is 6.04 Å². The summed E-state index contributed by atoms with van der Waals surface area (Å²) in [7, 11) is 0. The van der Waals surface area contributed by atoms with Crippen LogP contribution < -0.4 is 5.32 Å². The molecule has 1 aliphatic heterocycles. The minimum absolute atomic E-state index is 0.00148. The summed E-state index contributed by atoms with van der Waals surface area (Å²) in [6.07, 6.45) is 0. The molecule has 0 spiro atoms. The van der Waals surface area contributed by atoms with Crippen LogP contribution in [0.15, 0.2) is 22.7 Å². The highest BCUT2D eigenvalue weighted by Gasteiger charge is 2.22. The van der Waals surface area contributed by atoms with Gasteiger partial charge in [0.05, 0.1) is 6.04 Å². The molecule has 100 valence electrons. The van der Waals surface area contributed by atoms with Crippen LogP contribution in [0.5, 0.6) is 0 Å². The van der Waals surface area contributed by atoms with Gasteiger partial charge in [0.1, 0.15) is 11.6 Å². The molecule has 7 heteroatoms. The molecule has 0 bridgehead atoms. The van der Waals surface area contributed by atoms with Crippen molar-refractivity contribution in [3.8, 4) is 11.4 Å². The maximum absolute atomic E-state index is 13.1. The Hall–Kier alpha value is -1.47. The molecule has 1 saturated heterocycles. The first kappa shape index (κ1) is 12.6. The van der Waals surface area contributed by atoms with Crippen LogP contribution in [-0.4, -0.2) is 28.2 Å². The van der Waals surface area contributed by atoms with Crippen LogP contribution in [-0.2, 0) is 0 Å². The second-order valence-electron chi connectivity index (χ2n) is 4.20. The van der Waals surface area contributed by atoms with E-state index in [1.165, 1.54) is 12.1 Å². The summed E-state index contributed by atoms with van der Waals surface area (Å²) in [5.41, 5.74) is 0.274. The summed E-state index contributed by atoms with van der Waals surface area (Å²) in [5, 5.41) is 7.03. The molecular formula is C12H11F2N3OS. The number of aromatic nitrogens is 2. The largest absolute Gasteiger partial charge is 0.337 e. The Morgan fingerprint density at radius 2 is 2.05 bits per heavy atom. The minimum atomic E-state index is -0.660. The van der Waals surface area contributed by atoms with Gasteiger partial charge in [-0.05, 0) is 12.1 Å². The standard InChI is InChI=1S/C12H11F2N3OS/c13-8-3-7(4-9(14)5-8)11-16-12(18-17-11)10-6-19-2-1-15-10/h3-5,10,15H,1-2,6H2. The van der Waals surface area contributed by atoms with Crippen molar-refractivity contribution in [1.82, 2.24) is 15.5 Å². The van der Waals surface area contributed by atoms with Crippen molar-refractivity contribution >= 4 is 11.8 Å². The van der Waals surface area contributed by atoms with Gasteiger partial charge in [-0.3, -0.25) is 0 Å². The van der Waals surface area contributed by atoms with Gasteiger partial charge in [-0.15, -0.1) is 0 Å². The van der Waals surface area contributed by atoms with Crippen molar-refractivity contribution in [3.63, 3.8) is 0 Å². The maximum Gasteiger partial charge on any atom is 0.244 e. The average molecular weight is 283 g/mol. The number of hydrogen-bond acceptors (Lipinski definition) is 5. The number of thioether (sulfide) groups is 1. The predicted molar refractivity (Wildman–Crippen MR) is 67.7 cm³/mol. The van der Waals surface area contributed by atoms with E-state index in [0.717, 1.165) is 24.1 Å². The Bertz CT molecular complexity index is 564. The first-order chi connectivity index (χ1) is 9.22. The zero-order valence-electron chi connectivity index (χ0n) is 9.90. The molecule has 4 nitrogen and oxygen atoms in total. The van der Waals surface area contributed by atoms with E-state index in [4.69, 9.17) is 4.52 Å². The second-order valence-corrected chi connectivity index (χ2v) is 5.35. The van der Waals surface area contributed by atoms with E-state index >= 15 is 0 Å². The average Bonchev–Trinajstić information content (AvgIpc) is 2.88. The molecule has 1 aromatic heterocycles. The molecule has 0 radical (unpaired) electrons. The molecule has 3 rings (SSSR count). The third-order valence-corrected chi connectivity index (χ3v) is 3.84. The van der Waals surface area contributed by atoms with Crippen LogP contribution in [0.2, 0.25) is 0 Å². The monoisotopic (exact) mass is 283 g/mol.